The summed E-state index contributed by atoms with van der Waals surface area (Å²) in [5.41, 5.74) is 8.70. The summed E-state index contributed by atoms with van der Waals surface area (Å²) in [6, 6.07) is 11.6. The third kappa shape index (κ3) is 3.71. The van der Waals surface area contributed by atoms with Crippen LogP contribution in [0.3, 0.4) is 0 Å². The highest BCUT2D eigenvalue weighted by Crippen LogP contribution is 2.22. The van der Waals surface area contributed by atoms with Crippen LogP contribution < -0.4 is 5.73 Å². The van der Waals surface area contributed by atoms with Crippen LogP contribution in [0.25, 0.3) is 16.8 Å². The number of nitrogens with two attached hydrogens (primary N) is 1. The van der Waals surface area contributed by atoms with Gasteiger partial charge >= 0.3 is 5.97 Å². The van der Waals surface area contributed by atoms with Gasteiger partial charge in [-0.25, -0.2) is 4.52 Å². The number of ether oxygens (including phenoxy) is 1. The van der Waals surface area contributed by atoms with Crippen LogP contribution in [-0.2, 0) is 16.0 Å². The molecule has 124 valence electrons. The van der Waals surface area contributed by atoms with Crippen LogP contribution in [0, 0.1) is 0 Å². The number of aromatic nitrogens is 3. The van der Waals surface area contributed by atoms with Gasteiger partial charge in [-0.2, -0.15) is 4.98 Å². The Bertz CT molecular complexity index is 893. The number of rotatable bonds is 3. The molecule has 3 rings (SSSR count). The quantitative estimate of drug-likeness (QED) is 0.749. The second kappa shape index (κ2) is 5.96. The van der Waals surface area contributed by atoms with E-state index in [2.05, 4.69) is 10.1 Å². The van der Waals surface area contributed by atoms with Gasteiger partial charge in [-0.05, 0) is 44.0 Å². The van der Waals surface area contributed by atoms with Gasteiger partial charge in [0, 0.05) is 11.8 Å². The Balaban J connectivity index is 1.85. The van der Waals surface area contributed by atoms with Gasteiger partial charge < -0.3 is 10.5 Å². The minimum absolute atomic E-state index is 0.237. The maximum atomic E-state index is 12.0. The van der Waals surface area contributed by atoms with Gasteiger partial charge in [0.15, 0.2) is 5.65 Å². The van der Waals surface area contributed by atoms with Gasteiger partial charge in [0.25, 0.3) is 0 Å². The van der Waals surface area contributed by atoms with E-state index in [1.165, 1.54) is 0 Å². The molecule has 6 nitrogen and oxygen atoms in total. The molecule has 0 saturated carbocycles. The first kappa shape index (κ1) is 16.0. The predicted molar refractivity (Wildman–Crippen MR) is 92.4 cm³/mol. The van der Waals surface area contributed by atoms with Gasteiger partial charge in [0.2, 0.25) is 5.95 Å². The molecule has 0 radical (unpaired) electrons. The van der Waals surface area contributed by atoms with Crippen LogP contribution in [0.5, 0.6) is 0 Å². The number of pyridine rings is 1. The van der Waals surface area contributed by atoms with Crippen molar-refractivity contribution in [3.8, 4) is 11.1 Å². The maximum absolute atomic E-state index is 12.0. The lowest BCUT2D eigenvalue weighted by atomic mass is 10.0. The average Bonchev–Trinajstić information content (AvgIpc) is 2.84. The fourth-order valence-corrected chi connectivity index (χ4v) is 2.48. The van der Waals surface area contributed by atoms with Crippen LogP contribution >= 0.6 is 0 Å². The van der Waals surface area contributed by atoms with E-state index in [0.29, 0.717) is 5.65 Å². The minimum Gasteiger partial charge on any atom is -0.460 e. The first-order chi connectivity index (χ1) is 11.3. The van der Waals surface area contributed by atoms with Crippen LogP contribution in [0.15, 0.2) is 42.6 Å². The van der Waals surface area contributed by atoms with Crippen molar-refractivity contribution in [1.82, 2.24) is 14.6 Å². The lowest BCUT2D eigenvalue weighted by Crippen LogP contribution is -2.24. The van der Waals surface area contributed by atoms with Crippen molar-refractivity contribution < 1.29 is 9.53 Å². The number of carbonyl (C=O) groups excluding carboxylic acids is 1. The Labute approximate surface area is 140 Å². The summed E-state index contributed by atoms with van der Waals surface area (Å²) in [5, 5.41) is 4.12. The molecule has 0 spiro atoms. The first-order valence-corrected chi connectivity index (χ1v) is 7.73. The molecule has 0 saturated heterocycles. The van der Waals surface area contributed by atoms with E-state index in [1.54, 1.807) is 4.52 Å². The van der Waals surface area contributed by atoms with Crippen molar-refractivity contribution in [1.29, 1.82) is 0 Å². The third-order valence-corrected chi connectivity index (χ3v) is 3.38. The molecule has 2 aromatic heterocycles. The van der Waals surface area contributed by atoms with Gasteiger partial charge in [-0.15, -0.1) is 5.10 Å². The smallest absolute Gasteiger partial charge is 0.310 e. The summed E-state index contributed by atoms with van der Waals surface area (Å²) >= 11 is 0. The number of hydrogen-bond acceptors (Lipinski definition) is 5. The van der Waals surface area contributed by atoms with Gasteiger partial charge in [0.1, 0.15) is 5.60 Å². The van der Waals surface area contributed by atoms with Crippen molar-refractivity contribution in [3.05, 3.63) is 48.2 Å². The molecule has 0 fully saturated rings. The van der Waals surface area contributed by atoms with E-state index in [1.807, 2.05) is 63.4 Å². The molecule has 0 aliphatic rings. The second-order valence-corrected chi connectivity index (χ2v) is 6.65. The van der Waals surface area contributed by atoms with Gasteiger partial charge in [0.05, 0.1) is 6.42 Å². The number of fused-ring (bicyclic) bond motifs is 1. The summed E-state index contributed by atoms with van der Waals surface area (Å²) in [6.07, 6.45) is 2.11. The van der Waals surface area contributed by atoms with Crippen molar-refractivity contribution in [2.45, 2.75) is 32.8 Å². The molecule has 2 heterocycles. The summed E-state index contributed by atoms with van der Waals surface area (Å²) in [5.74, 6) is 0.00461. The van der Waals surface area contributed by atoms with E-state index in [9.17, 15) is 4.79 Å². The molecule has 1 aromatic carbocycles. The Morgan fingerprint density at radius 1 is 1.21 bits per heavy atom. The van der Waals surface area contributed by atoms with Crippen LogP contribution in [0.2, 0.25) is 0 Å². The van der Waals surface area contributed by atoms with Gasteiger partial charge in [-0.3, -0.25) is 4.79 Å². The first-order valence-electron chi connectivity index (χ1n) is 7.73. The summed E-state index contributed by atoms with van der Waals surface area (Å²) < 4.78 is 7.02. The molecule has 0 unspecified atom stereocenters. The number of esters is 1. The molecule has 0 atom stereocenters. The number of nitrogens with zero attached hydrogens (tertiary/aromatic N) is 3. The Morgan fingerprint density at radius 3 is 2.75 bits per heavy atom. The highest BCUT2D eigenvalue weighted by atomic mass is 16.6. The molecular weight excluding hydrogens is 304 g/mol. The molecule has 0 bridgehead atoms. The normalized spacial score (nSPS) is 11.6. The Kier molecular flexibility index (Phi) is 3.97. The van der Waals surface area contributed by atoms with Crippen LogP contribution in [-0.4, -0.2) is 26.2 Å². The largest absolute Gasteiger partial charge is 0.460 e. The van der Waals surface area contributed by atoms with Crippen LogP contribution in [0.4, 0.5) is 5.95 Å². The van der Waals surface area contributed by atoms with Crippen molar-refractivity contribution in [2.24, 2.45) is 0 Å². The van der Waals surface area contributed by atoms with Crippen molar-refractivity contribution >= 4 is 17.6 Å². The lowest BCUT2D eigenvalue weighted by Gasteiger charge is -2.19. The maximum Gasteiger partial charge on any atom is 0.310 e. The van der Waals surface area contributed by atoms with E-state index < -0.39 is 5.60 Å². The number of nitrogen functional groups attached to an aromatic ring is 1. The number of hydrogen-bond donors (Lipinski definition) is 1. The molecule has 24 heavy (non-hydrogen) atoms. The summed E-state index contributed by atoms with van der Waals surface area (Å²) in [7, 11) is 0. The van der Waals surface area contributed by atoms with E-state index in [4.69, 9.17) is 10.5 Å². The van der Waals surface area contributed by atoms with Crippen molar-refractivity contribution in [3.63, 3.8) is 0 Å². The number of carbonyl (C=O) groups is 1. The Morgan fingerprint density at radius 2 is 2.00 bits per heavy atom. The Hall–Kier alpha value is -2.89. The number of benzene rings is 1. The van der Waals surface area contributed by atoms with Crippen molar-refractivity contribution in [2.75, 3.05) is 5.73 Å². The van der Waals surface area contributed by atoms with E-state index >= 15 is 0 Å². The highest BCUT2D eigenvalue weighted by molar-refractivity contribution is 5.74. The molecule has 3 aromatic rings. The third-order valence-electron chi connectivity index (χ3n) is 3.38. The van der Waals surface area contributed by atoms with Gasteiger partial charge in [-0.1, -0.05) is 24.3 Å². The topological polar surface area (TPSA) is 82.5 Å². The summed E-state index contributed by atoms with van der Waals surface area (Å²) in [4.78, 5) is 16.1. The second-order valence-electron chi connectivity index (χ2n) is 6.65. The predicted octanol–water partition coefficient (Wildman–Crippen LogP) is 2.86. The van der Waals surface area contributed by atoms with E-state index in [-0.39, 0.29) is 18.3 Å². The SMILES string of the molecule is CC(C)(C)OC(=O)Cc1cccc(-c2ccc3nc(N)nn3c2)c1. The van der Waals surface area contributed by atoms with Crippen LogP contribution in [0.1, 0.15) is 26.3 Å². The fourth-order valence-electron chi connectivity index (χ4n) is 2.48. The fraction of sp³-hybridized carbons (Fsp3) is 0.278. The lowest BCUT2D eigenvalue weighted by molar-refractivity contribution is -0.153. The van der Waals surface area contributed by atoms with E-state index in [0.717, 1.165) is 16.7 Å². The molecule has 6 heteroatoms. The minimum atomic E-state index is -0.479. The molecule has 0 aliphatic heterocycles. The zero-order chi connectivity index (χ0) is 17.3. The monoisotopic (exact) mass is 324 g/mol. The summed E-state index contributed by atoms with van der Waals surface area (Å²) in [6.45, 7) is 5.58. The molecule has 2 N–H and O–H groups in total. The molecular formula is C18H20N4O2. The standard InChI is InChI=1S/C18H20N4O2/c1-18(2,3)24-16(23)10-12-5-4-6-13(9-12)14-7-8-15-20-17(19)21-22(15)11-14/h4-9,11H,10H2,1-3H3,(H2,19,21). The average molecular weight is 324 g/mol. The zero-order valence-electron chi connectivity index (χ0n) is 14.0. The molecule has 0 amide bonds. The highest BCUT2D eigenvalue weighted by Gasteiger charge is 2.16. The zero-order valence-corrected chi connectivity index (χ0v) is 14.0. The molecule has 0 aliphatic carbocycles. The number of anilines is 1.